The van der Waals surface area contributed by atoms with Gasteiger partial charge in [0.05, 0.1) is 5.92 Å². The highest BCUT2D eigenvalue weighted by Gasteiger charge is 2.37. The number of carbonyl (C=O) groups excluding carboxylic acids is 1. The Bertz CT molecular complexity index is 314. The van der Waals surface area contributed by atoms with E-state index in [4.69, 9.17) is 5.73 Å². The average molecular weight is 251 g/mol. The van der Waals surface area contributed by atoms with Crippen LogP contribution in [0.5, 0.6) is 0 Å². The quantitative estimate of drug-likeness (QED) is 0.790. The molecule has 3 rings (SSSR count). The van der Waals surface area contributed by atoms with Crippen LogP contribution in [-0.2, 0) is 4.79 Å². The predicted octanol–water partition coefficient (Wildman–Crippen LogP) is 0.810. The van der Waals surface area contributed by atoms with Gasteiger partial charge in [0.2, 0.25) is 5.91 Å². The zero-order valence-electron chi connectivity index (χ0n) is 11.2. The average Bonchev–Trinajstić information content (AvgIpc) is 3.09. The van der Waals surface area contributed by atoms with Gasteiger partial charge in [0.15, 0.2) is 0 Å². The molecule has 3 fully saturated rings. The van der Waals surface area contributed by atoms with Gasteiger partial charge in [-0.3, -0.25) is 9.69 Å². The third-order valence-electron chi connectivity index (χ3n) is 5.02. The summed E-state index contributed by atoms with van der Waals surface area (Å²) in [6.07, 6.45) is 6.98. The van der Waals surface area contributed by atoms with Gasteiger partial charge in [0.1, 0.15) is 0 Å². The van der Waals surface area contributed by atoms with Crippen molar-refractivity contribution in [2.45, 2.75) is 50.6 Å². The van der Waals surface area contributed by atoms with Crippen LogP contribution in [0.2, 0.25) is 0 Å². The summed E-state index contributed by atoms with van der Waals surface area (Å²) in [5.74, 6) is 0.448. The van der Waals surface area contributed by atoms with Gasteiger partial charge < -0.3 is 10.6 Å². The molecule has 3 atom stereocenters. The highest BCUT2D eigenvalue weighted by Crippen LogP contribution is 2.28. The summed E-state index contributed by atoms with van der Waals surface area (Å²) in [6.45, 7) is 4.36. The summed E-state index contributed by atoms with van der Waals surface area (Å²) < 4.78 is 0. The van der Waals surface area contributed by atoms with Crippen LogP contribution in [0.1, 0.15) is 38.5 Å². The molecule has 0 bridgehead atoms. The molecule has 2 N–H and O–H groups in total. The third-order valence-corrected chi connectivity index (χ3v) is 5.02. The highest BCUT2D eigenvalue weighted by atomic mass is 16.2. The topological polar surface area (TPSA) is 49.6 Å². The van der Waals surface area contributed by atoms with E-state index >= 15 is 0 Å². The summed E-state index contributed by atoms with van der Waals surface area (Å²) in [4.78, 5) is 17.1. The Morgan fingerprint density at radius 1 is 1.00 bits per heavy atom. The molecule has 0 aromatic heterocycles. The van der Waals surface area contributed by atoms with E-state index in [9.17, 15) is 4.79 Å². The number of hydrogen-bond acceptors (Lipinski definition) is 3. The molecule has 2 heterocycles. The van der Waals surface area contributed by atoms with E-state index in [1.165, 1.54) is 25.9 Å². The van der Waals surface area contributed by atoms with Crippen LogP contribution in [0.25, 0.3) is 0 Å². The van der Waals surface area contributed by atoms with Crippen LogP contribution >= 0.6 is 0 Å². The summed E-state index contributed by atoms with van der Waals surface area (Å²) in [6, 6.07) is 0.734. The number of likely N-dealkylation sites (tertiary alicyclic amines) is 2. The highest BCUT2D eigenvalue weighted by molar-refractivity contribution is 5.80. The fourth-order valence-corrected chi connectivity index (χ4v) is 3.88. The molecule has 0 radical (unpaired) electrons. The monoisotopic (exact) mass is 251 g/mol. The molecule has 1 amide bonds. The lowest BCUT2D eigenvalue weighted by atomic mass is 10.0. The summed E-state index contributed by atoms with van der Waals surface area (Å²) in [5.41, 5.74) is 6.05. The lowest BCUT2D eigenvalue weighted by Crippen LogP contribution is -2.42. The first-order chi connectivity index (χ1) is 8.75. The number of carbonyl (C=O) groups is 1. The SMILES string of the molecule is NC1CCCC1C(=O)N1CCC(N2CCCC2)C1. The lowest BCUT2D eigenvalue weighted by molar-refractivity contribution is -0.134. The van der Waals surface area contributed by atoms with Crippen LogP contribution in [0.3, 0.4) is 0 Å². The van der Waals surface area contributed by atoms with E-state index in [1.807, 2.05) is 0 Å². The summed E-state index contributed by atoms with van der Waals surface area (Å²) in [7, 11) is 0. The molecule has 3 unspecified atom stereocenters. The number of rotatable bonds is 2. The Morgan fingerprint density at radius 3 is 2.44 bits per heavy atom. The van der Waals surface area contributed by atoms with Crippen molar-refractivity contribution in [3.8, 4) is 0 Å². The second-order valence-electron chi connectivity index (χ2n) is 6.17. The van der Waals surface area contributed by atoms with Crippen molar-refractivity contribution in [1.29, 1.82) is 0 Å². The van der Waals surface area contributed by atoms with Gasteiger partial charge in [0, 0.05) is 25.2 Å². The molecule has 18 heavy (non-hydrogen) atoms. The maximum atomic E-state index is 12.4. The van der Waals surface area contributed by atoms with E-state index in [1.54, 1.807) is 0 Å². The van der Waals surface area contributed by atoms with Crippen molar-refractivity contribution in [1.82, 2.24) is 9.80 Å². The molecule has 3 aliphatic rings. The fourth-order valence-electron chi connectivity index (χ4n) is 3.88. The lowest BCUT2D eigenvalue weighted by Gasteiger charge is -2.26. The molecule has 0 aromatic rings. The minimum absolute atomic E-state index is 0.113. The Balaban J connectivity index is 1.56. The van der Waals surface area contributed by atoms with Crippen molar-refractivity contribution in [2.24, 2.45) is 11.7 Å². The van der Waals surface area contributed by atoms with Crippen LogP contribution in [-0.4, -0.2) is 54.0 Å². The second kappa shape index (κ2) is 5.17. The van der Waals surface area contributed by atoms with Crippen molar-refractivity contribution in [3.05, 3.63) is 0 Å². The van der Waals surface area contributed by atoms with Crippen LogP contribution in [0.4, 0.5) is 0 Å². The molecule has 0 aromatic carbocycles. The first-order valence-corrected chi connectivity index (χ1v) is 7.54. The summed E-state index contributed by atoms with van der Waals surface area (Å²) in [5, 5.41) is 0. The summed E-state index contributed by atoms with van der Waals surface area (Å²) >= 11 is 0. The van der Waals surface area contributed by atoms with Crippen LogP contribution < -0.4 is 5.73 Å². The largest absolute Gasteiger partial charge is 0.341 e. The van der Waals surface area contributed by atoms with E-state index < -0.39 is 0 Å². The van der Waals surface area contributed by atoms with Crippen molar-refractivity contribution < 1.29 is 4.79 Å². The van der Waals surface area contributed by atoms with Gasteiger partial charge in [-0.25, -0.2) is 0 Å². The van der Waals surface area contributed by atoms with E-state index in [-0.39, 0.29) is 12.0 Å². The minimum Gasteiger partial charge on any atom is -0.341 e. The normalized spacial score (nSPS) is 37.6. The van der Waals surface area contributed by atoms with E-state index in [0.29, 0.717) is 11.9 Å². The Kier molecular flexibility index (Phi) is 3.57. The first kappa shape index (κ1) is 12.4. The van der Waals surface area contributed by atoms with Gasteiger partial charge >= 0.3 is 0 Å². The van der Waals surface area contributed by atoms with E-state index in [0.717, 1.165) is 38.8 Å². The smallest absolute Gasteiger partial charge is 0.227 e. The van der Waals surface area contributed by atoms with E-state index in [2.05, 4.69) is 9.80 Å². The maximum absolute atomic E-state index is 12.4. The maximum Gasteiger partial charge on any atom is 0.227 e. The molecular weight excluding hydrogens is 226 g/mol. The van der Waals surface area contributed by atoms with Gasteiger partial charge in [-0.05, 0) is 45.2 Å². The molecular formula is C14H25N3O. The molecule has 4 heteroatoms. The zero-order chi connectivity index (χ0) is 12.5. The Hall–Kier alpha value is -0.610. The molecule has 0 spiro atoms. The van der Waals surface area contributed by atoms with Crippen LogP contribution in [0, 0.1) is 5.92 Å². The van der Waals surface area contributed by atoms with Gasteiger partial charge in [-0.15, -0.1) is 0 Å². The standard InChI is InChI=1S/C14H25N3O/c15-13-5-3-4-12(13)14(18)17-9-6-11(10-17)16-7-1-2-8-16/h11-13H,1-10,15H2. The fraction of sp³-hybridized carbons (Fsp3) is 0.929. The van der Waals surface area contributed by atoms with Crippen molar-refractivity contribution >= 4 is 5.91 Å². The second-order valence-corrected chi connectivity index (χ2v) is 6.17. The van der Waals surface area contributed by atoms with Crippen molar-refractivity contribution in [3.63, 3.8) is 0 Å². The molecule has 1 saturated carbocycles. The minimum atomic E-state index is 0.113. The molecule has 1 aliphatic carbocycles. The molecule has 2 aliphatic heterocycles. The zero-order valence-corrected chi connectivity index (χ0v) is 11.2. The number of nitrogens with zero attached hydrogens (tertiary/aromatic N) is 2. The van der Waals surface area contributed by atoms with Gasteiger partial charge in [-0.2, -0.15) is 0 Å². The van der Waals surface area contributed by atoms with Crippen LogP contribution in [0.15, 0.2) is 0 Å². The Labute approximate surface area is 109 Å². The number of hydrogen-bond donors (Lipinski definition) is 1. The number of nitrogens with two attached hydrogens (primary N) is 1. The first-order valence-electron chi connectivity index (χ1n) is 7.54. The third kappa shape index (κ3) is 2.28. The van der Waals surface area contributed by atoms with Gasteiger partial charge in [-0.1, -0.05) is 6.42 Å². The molecule has 2 saturated heterocycles. The van der Waals surface area contributed by atoms with Gasteiger partial charge in [0.25, 0.3) is 0 Å². The molecule has 102 valence electrons. The number of amides is 1. The Morgan fingerprint density at radius 2 is 1.78 bits per heavy atom. The molecule has 4 nitrogen and oxygen atoms in total. The van der Waals surface area contributed by atoms with Crippen molar-refractivity contribution in [2.75, 3.05) is 26.2 Å². The predicted molar refractivity (Wildman–Crippen MR) is 71.1 cm³/mol.